The van der Waals surface area contributed by atoms with Gasteiger partial charge < -0.3 is 14.6 Å². The Balaban J connectivity index is 2.12. The van der Waals surface area contributed by atoms with Gasteiger partial charge in [0.1, 0.15) is 17.1 Å². The molecule has 0 radical (unpaired) electrons. The molecule has 128 valence electrons. The monoisotopic (exact) mass is 337 g/mol. The third-order valence-corrected chi connectivity index (χ3v) is 4.11. The number of fused-ring (bicyclic) bond motifs is 1. The number of nitrogens with zero attached hydrogens (tertiary/aromatic N) is 2. The molecule has 0 aliphatic heterocycles. The van der Waals surface area contributed by atoms with E-state index in [1.165, 1.54) is 0 Å². The first kappa shape index (κ1) is 16.7. The summed E-state index contributed by atoms with van der Waals surface area (Å²) in [5, 5.41) is 3.17. The number of aromatic nitrogens is 2. The smallest absolute Gasteiger partial charge is 0.262 e. The molecule has 6 nitrogen and oxygen atoms in total. The summed E-state index contributed by atoms with van der Waals surface area (Å²) in [5.41, 5.74) is 1.34. The maximum absolute atomic E-state index is 12.8. The second kappa shape index (κ2) is 6.76. The Bertz CT molecular complexity index is 1010. The van der Waals surface area contributed by atoms with Crippen LogP contribution in [0, 0.1) is 6.92 Å². The van der Waals surface area contributed by atoms with E-state index >= 15 is 0 Å². The number of carbonyl (C=O) groups excluding carboxylic acids is 1. The van der Waals surface area contributed by atoms with Crippen molar-refractivity contribution in [2.24, 2.45) is 0 Å². The topological polar surface area (TPSA) is 73.2 Å². The summed E-state index contributed by atoms with van der Waals surface area (Å²) in [4.78, 5) is 29.6. The van der Waals surface area contributed by atoms with Crippen LogP contribution in [0.3, 0.4) is 0 Å². The zero-order valence-corrected chi connectivity index (χ0v) is 14.4. The summed E-state index contributed by atoms with van der Waals surface area (Å²) in [6.45, 7) is 4.43. The number of pyridine rings is 2. The number of methoxy groups -OCH3 is 1. The average Bonchev–Trinajstić information content (AvgIpc) is 2.63. The predicted molar refractivity (Wildman–Crippen MR) is 97.4 cm³/mol. The Kier molecular flexibility index (Phi) is 4.52. The van der Waals surface area contributed by atoms with E-state index in [9.17, 15) is 9.59 Å². The Hall–Kier alpha value is -3.15. The first-order chi connectivity index (χ1) is 12.0. The quantitative estimate of drug-likeness (QED) is 0.794. The molecule has 1 aromatic carbocycles. The highest BCUT2D eigenvalue weighted by Gasteiger charge is 2.17. The van der Waals surface area contributed by atoms with Gasteiger partial charge in [0.25, 0.3) is 5.91 Å². The van der Waals surface area contributed by atoms with Gasteiger partial charge >= 0.3 is 0 Å². The second-order valence-electron chi connectivity index (χ2n) is 5.66. The summed E-state index contributed by atoms with van der Waals surface area (Å²) < 4.78 is 7.08. The number of hydrogen-bond acceptors (Lipinski definition) is 4. The molecule has 0 fully saturated rings. The van der Waals surface area contributed by atoms with Crippen LogP contribution in [0.15, 0.2) is 47.5 Å². The van der Waals surface area contributed by atoms with Gasteiger partial charge in [0, 0.05) is 18.9 Å². The lowest BCUT2D eigenvalue weighted by Crippen LogP contribution is -2.24. The SMILES string of the molecule is CCn1cc(C(=O)Nc2ncccc2C)c(=O)c2cc(OC)ccc21. The second-order valence-corrected chi connectivity index (χ2v) is 5.66. The molecule has 1 N–H and O–H groups in total. The van der Waals surface area contributed by atoms with Crippen LogP contribution in [0.25, 0.3) is 10.9 Å². The minimum absolute atomic E-state index is 0.0765. The number of hydrogen-bond donors (Lipinski definition) is 1. The van der Waals surface area contributed by atoms with Crippen LogP contribution < -0.4 is 15.5 Å². The molecule has 0 spiro atoms. The van der Waals surface area contributed by atoms with Crippen molar-refractivity contribution in [2.45, 2.75) is 20.4 Å². The summed E-state index contributed by atoms with van der Waals surface area (Å²) in [6.07, 6.45) is 3.18. The number of rotatable bonds is 4. The van der Waals surface area contributed by atoms with E-state index in [4.69, 9.17) is 4.74 Å². The molecule has 3 aromatic rings. The molecular weight excluding hydrogens is 318 g/mol. The van der Waals surface area contributed by atoms with E-state index in [1.807, 2.05) is 30.5 Å². The number of aryl methyl sites for hydroxylation is 2. The lowest BCUT2D eigenvalue weighted by atomic mass is 10.1. The van der Waals surface area contributed by atoms with E-state index in [1.54, 1.807) is 37.7 Å². The highest BCUT2D eigenvalue weighted by molar-refractivity contribution is 6.05. The van der Waals surface area contributed by atoms with Gasteiger partial charge in [0.05, 0.1) is 18.0 Å². The number of anilines is 1. The Labute approximate surface area is 145 Å². The lowest BCUT2D eigenvalue weighted by molar-refractivity contribution is 0.102. The van der Waals surface area contributed by atoms with Crippen LogP contribution in [0.5, 0.6) is 5.75 Å². The van der Waals surface area contributed by atoms with Crippen molar-refractivity contribution in [2.75, 3.05) is 12.4 Å². The Morgan fingerprint density at radius 3 is 2.80 bits per heavy atom. The summed E-state index contributed by atoms with van der Waals surface area (Å²) >= 11 is 0. The normalized spacial score (nSPS) is 10.7. The van der Waals surface area contributed by atoms with Crippen molar-refractivity contribution in [3.63, 3.8) is 0 Å². The summed E-state index contributed by atoms with van der Waals surface area (Å²) in [5.74, 6) is 0.546. The fraction of sp³-hybridized carbons (Fsp3) is 0.211. The highest BCUT2D eigenvalue weighted by Crippen LogP contribution is 2.19. The zero-order chi connectivity index (χ0) is 18.0. The largest absolute Gasteiger partial charge is 0.497 e. The lowest BCUT2D eigenvalue weighted by Gasteiger charge is -2.13. The van der Waals surface area contributed by atoms with Gasteiger partial charge in [-0.3, -0.25) is 9.59 Å². The molecule has 0 saturated heterocycles. The van der Waals surface area contributed by atoms with Gasteiger partial charge in [-0.2, -0.15) is 0 Å². The Morgan fingerprint density at radius 2 is 2.12 bits per heavy atom. The van der Waals surface area contributed by atoms with Crippen LogP contribution in [-0.2, 0) is 6.54 Å². The molecule has 0 aliphatic rings. The fourth-order valence-electron chi connectivity index (χ4n) is 2.72. The van der Waals surface area contributed by atoms with Crippen molar-refractivity contribution in [3.8, 4) is 5.75 Å². The van der Waals surface area contributed by atoms with Gasteiger partial charge in [0.15, 0.2) is 0 Å². The number of ether oxygens (including phenoxy) is 1. The van der Waals surface area contributed by atoms with E-state index < -0.39 is 5.91 Å². The average molecular weight is 337 g/mol. The number of nitrogens with one attached hydrogen (secondary N) is 1. The molecule has 2 heterocycles. The minimum Gasteiger partial charge on any atom is -0.497 e. The first-order valence-corrected chi connectivity index (χ1v) is 7.99. The van der Waals surface area contributed by atoms with Crippen LogP contribution in [0.2, 0.25) is 0 Å². The van der Waals surface area contributed by atoms with E-state index in [0.29, 0.717) is 23.5 Å². The molecule has 2 aromatic heterocycles. The number of amides is 1. The maximum Gasteiger partial charge on any atom is 0.262 e. The Morgan fingerprint density at radius 1 is 1.32 bits per heavy atom. The van der Waals surface area contributed by atoms with Gasteiger partial charge in [-0.05, 0) is 43.7 Å². The van der Waals surface area contributed by atoms with E-state index in [0.717, 1.165) is 11.1 Å². The first-order valence-electron chi connectivity index (χ1n) is 7.99. The number of benzene rings is 1. The van der Waals surface area contributed by atoms with Gasteiger partial charge in [0.2, 0.25) is 5.43 Å². The van der Waals surface area contributed by atoms with Crippen LogP contribution in [-0.4, -0.2) is 22.6 Å². The maximum atomic E-state index is 12.8. The predicted octanol–water partition coefficient (Wildman–Crippen LogP) is 2.99. The summed E-state index contributed by atoms with van der Waals surface area (Å²) in [7, 11) is 1.54. The van der Waals surface area contributed by atoms with Crippen LogP contribution >= 0.6 is 0 Å². The van der Waals surface area contributed by atoms with Crippen molar-refractivity contribution in [1.82, 2.24) is 9.55 Å². The highest BCUT2D eigenvalue weighted by atomic mass is 16.5. The van der Waals surface area contributed by atoms with Gasteiger partial charge in [-0.15, -0.1) is 0 Å². The van der Waals surface area contributed by atoms with E-state index in [-0.39, 0.29) is 11.0 Å². The molecule has 1 amide bonds. The molecule has 0 atom stereocenters. The molecule has 3 rings (SSSR count). The van der Waals surface area contributed by atoms with Crippen LogP contribution in [0.4, 0.5) is 5.82 Å². The van der Waals surface area contributed by atoms with Crippen LogP contribution in [0.1, 0.15) is 22.8 Å². The molecule has 25 heavy (non-hydrogen) atoms. The molecule has 0 aliphatic carbocycles. The van der Waals surface area contributed by atoms with E-state index in [2.05, 4.69) is 10.3 Å². The number of carbonyl (C=O) groups is 1. The molecule has 0 bridgehead atoms. The molecule has 0 saturated carbocycles. The zero-order valence-electron chi connectivity index (χ0n) is 14.4. The summed E-state index contributed by atoms with van der Waals surface area (Å²) in [6, 6.07) is 8.91. The van der Waals surface area contributed by atoms with Crippen molar-refractivity contribution < 1.29 is 9.53 Å². The van der Waals surface area contributed by atoms with Crippen molar-refractivity contribution in [3.05, 3.63) is 64.1 Å². The fourth-order valence-corrected chi connectivity index (χ4v) is 2.72. The molecule has 0 unspecified atom stereocenters. The third kappa shape index (κ3) is 3.10. The molecule has 6 heteroatoms. The third-order valence-electron chi connectivity index (χ3n) is 4.11. The van der Waals surface area contributed by atoms with Crippen molar-refractivity contribution in [1.29, 1.82) is 0 Å². The standard InChI is InChI=1S/C19H19N3O3/c1-4-22-11-15(19(24)21-18-12(2)6-5-9-20-18)17(23)14-10-13(25-3)7-8-16(14)22/h5-11H,4H2,1-3H3,(H,20,21,24). The van der Waals surface area contributed by atoms with Gasteiger partial charge in [-0.1, -0.05) is 6.07 Å². The minimum atomic E-state index is -0.473. The van der Waals surface area contributed by atoms with Crippen molar-refractivity contribution >= 4 is 22.6 Å². The molecular formula is C19H19N3O3. The van der Waals surface area contributed by atoms with Gasteiger partial charge in [-0.25, -0.2) is 4.98 Å².